The van der Waals surface area contributed by atoms with E-state index < -0.39 is 0 Å². The van der Waals surface area contributed by atoms with Crippen LogP contribution in [0.3, 0.4) is 0 Å². The van der Waals surface area contributed by atoms with E-state index in [1.54, 1.807) is 17.4 Å². The number of rotatable bonds is 4. The van der Waals surface area contributed by atoms with Crippen LogP contribution in [0.15, 0.2) is 47.9 Å². The van der Waals surface area contributed by atoms with Crippen LogP contribution in [0.4, 0.5) is 0 Å². The fourth-order valence-electron chi connectivity index (χ4n) is 1.96. The van der Waals surface area contributed by atoms with Crippen molar-refractivity contribution < 1.29 is 4.79 Å². The largest absolute Gasteiger partial charge is 0.346 e. The lowest BCUT2D eigenvalue weighted by atomic mass is 10.0. The second-order valence-corrected chi connectivity index (χ2v) is 5.41. The van der Waals surface area contributed by atoms with Gasteiger partial charge in [-0.1, -0.05) is 30.3 Å². The number of carbonyl (C=O) groups is 1. The van der Waals surface area contributed by atoms with E-state index in [1.807, 2.05) is 48.7 Å². The van der Waals surface area contributed by atoms with Gasteiger partial charge >= 0.3 is 0 Å². The maximum atomic E-state index is 11.8. The van der Waals surface area contributed by atoms with E-state index in [9.17, 15) is 4.79 Å². The van der Waals surface area contributed by atoms with Crippen molar-refractivity contribution in [3.63, 3.8) is 0 Å². The fourth-order valence-corrected chi connectivity index (χ4v) is 2.57. The quantitative estimate of drug-likeness (QED) is 0.838. The predicted molar refractivity (Wildman–Crippen MR) is 81.1 cm³/mol. The predicted octanol–water partition coefficient (Wildman–Crippen LogP) is 3.95. The van der Waals surface area contributed by atoms with Gasteiger partial charge in [-0.3, -0.25) is 4.79 Å². The Hall–Kier alpha value is -1.87. The third-order valence-electron chi connectivity index (χ3n) is 2.96. The maximum absolute atomic E-state index is 11.8. The molecule has 2 rings (SSSR count). The molecule has 1 heterocycles. The van der Waals surface area contributed by atoms with Gasteiger partial charge in [0.1, 0.15) is 0 Å². The van der Waals surface area contributed by atoms with Gasteiger partial charge in [-0.2, -0.15) is 0 Å². The van der Waals surface area contributed by atoms with E-state index >= 15 is 0 Å². The SMILES string of the molecule is Cc1ccccc1C(C)NC(=O)/C=C/c1cccs1. The number of amides is 1. The van der Waals surface area contributed by atoms with E-state index in [2.05, 4.69) is 18.3 Å². The summed E-state index contributed by atoms with van der Waals surface area (Å²) in [5.74, 6) is -0.0656. The van der Waals surface area contributed by atoms with Crippen molar-refractivity contribution in [2.45, 2.75) is 19.9 Å². The van der Waals surface area contributed by atoms with E-state index in [0.717, 1.165) is 10.4 Å². The summed E-state index contributed by atoms with van der Waals surface area (Å²) < 4.78 is 0. The Balaban J connectivity index is 1.97. The monoisotopic (exact) mass is 271 g/mol. The zero-order valence-electron chi connectivity index (χ0n) is 11.1. The van der Waals surface area contributed by atoms with Crippen LogP contribution in [0.5, 0.6) is 0 Å². The van der Waals surface area contributed by atoms with Crippen LogP contribution >= 0.6 is 11.3 Å². The van der Waals surface area contributed by atoms with Gasteiger partial charge in [0.2, 0.25) is 5.91 Å². The minimum atomic E-state index is -0.0656. The molecule has 1 atom stereocenters. The van der Waals surface area contributed by atoms with E-state index in [4.69, 9.17) is 0 Å². The molecule has 1 unspecified atom stereocenters. The molecule has 2 aromatic rings. The van der Waals surface area contributed by atoms with Crippen molar-refractivity contribution in [3.05, 3.63) is 63.9 Å². The van der Waals surface area contributed by atoms with Crippen LogP contribution in [0.25, 0.3) is 6.08 Å². The zero-order valence-corrected chi connectivity index (χ0v) is 11.9. The van der Waals surface area contributed by atoms with Crippen molar-refractivity contribution in [2.75, 3.05) is 0 Å². The molecule has 98 valence electrons. The lowest BCUT2D eigenvalue weighted by molar-refractivity contribution is -0.117. The van der Waals surface area contributed by atoms with Gasteiger partial charge in [-0.05, 0) is 42.5 Å². The average molecular weight is 271 g/mol. The smallest absolute Gasteiger partial charge is 0.244 e. The summed E-state index contributed by atoms with van der Waals surface area (Å²) in [5.41, 5.74) is 2.35. The fraction of sp³-hybridized carbons (Fsp3) is 0.188. The molecule has 0 saturated carbocycles. The summed E-state index contributed by atoms with van der Waals surface area (Å²) in [5, 5.41) is 4.97. The Morgan fingerprint density at radius 2 is 2.05 bits per heavy atom. The molecule has 0 bridgehead atoms. The molecule has 0 saturated heterocycles. The summed E-state index contributed by atoms with van der Waals surface area (Å²) >= 11 is 1.62. The van der Waals surface area contributed by atoms with Crippen LogP contribution in [0.1, 0.15) is 29.0 Å². The van der Waals surface area contributed by atoms with Gasteiger partial charge in [0, 0.05) is 11.0 Å². The molecule has 19 heavy (non-hydrogen) atoms. The molecule has 1 amide bonds. The number of aryl methyl sites for hydroxylation is 1. The molecule has 2 nitrogen and oxygen atoms in total. The Labute approximate surface area is 117 Å². The average Bonchev–Trinajstić information content (AvgIpc) is 2.90. The Bertz CT molecular complexity index is 572. The van der Waals surface area contributed by atoms with Crippen LogP contribution in [0, 0.1) is 6.92 Å². The lowest BCUT2D eigenvalue weighted by Gasteiger charge is -2.15. The van der Waals surface area contributed by atoms with Crippen LogP contribution in [0.2, 0.25) is 0 Å². The summed E-state index contributed by atoms with van der Waals surface area (Å²) in [4.78, 5) is 12.9. The first-order valence-electron chi connectivity index (χ1n) is 6.24. The Morgan fingerprint density at radius 1 is 1.26 bits per heavy atom. The van der Waals surface area contributed by atoms with Gasteiger partial charge in [0.25, 0.3) is 0 Å². The van der Waals surface area contributed by atoms with E-state index in [-0.39, 0.29) is 11.9 Å². The molecule has 0 spiro atoms. The van der Waals surface area contributed by atoms with E-state index in [1.165, 1.54) is 5.56 Å². The Morgan fingerprint density at radius 3 is 2.74 bits per heavy atom. The molecule has 1 N–H and O–H groups in total. The van der Waals surface area contributed by atoms with Crippen molar-refractivity contribution in [2.24, 2.45) is 0 Å². The number of hydrogen-bond donors (Lipinski definition) is 1. The van der Waals surface area contributed by atoms with Gasteiger partial charge in [-0.25, -0.2) is 0 Å². The highest BCUT2D eigenvalue weighted by Gasteiger charge is 2.09. The molecule has 3 heteroatoms. The second-order valence-electron chi connectivity index (χ2n) is 4.44. The van der Waals surface area contributed by atoms with Gasteiger partial charge in [-0.15, -0.1) is 11.3 Å². The summed E-state index contributed by atoms with van der Waals surface area (Å²) in [6.07, 6.45) is 3.42. The molecule has 0 aliphatic carbocycles. The highest BCUT2D eigenvalue weighted by Crippen LogP contribution is 2.16. The first-order chi connectivity index (χ1) is 9.16. The molecular weight excluding hydrogens is 254 g/mol. The molecular formula is C16H17NOS. The van der Waals surface area contributed by atoms with E-state index in [0.29, 0.717) is 0 Å². The van der Waals surface area contributed by atoms with Gasteiger partial charge in [0.15, 0.2) is 0 Å². The van der Waals surface area contributed by atoms with Crippen LogP contribution < -0.4 is 5.32 Å². The molecule has 1 aromatic carbocycles. The number of nitrogens with one attached hydrogen (secondary N) is 1. The number of carbonyl (C=O) groups excluding carboxylic acids is 1. The normalized spacial score (nSPS) is 12.5. The Kier molecular flexibility index (Phi) is 4.53. The number of hydrogen-bond acceptors (Lipinski definition) is 2. The van der Waals surface area contributed by atoms with Gasteiger partial charge in [0.05, 0.1) is 6.04 Å². The third-order valence-corrected chi connectivity index (χ3v) is 3.79. The maximum Gasteiger partial charge on any atom is 0.244 e. The summed E-state index contributed by atoms with van der Waals surface area (Å²) in [6, 6.07) is 12.1. The number of thiophene rings is 1. The minimum Gasteiger partial charge on any atom is -0.346 e. The first-order valence-corrected chi connectivity index (χ1v) is 7.12. The van der Waals surface area contributed by atoms with Crippen LogP contribution in [-0.4, -0.2) is 5.91 Å². The first kappa shape index (κ1) is 13.6. The molecule has 0 fully saturated rings. The molecule has 0 aliphatic rings. The molecule has 0 aliphatic heterocycles. The zero-order chi connectivity index (χ0) is 13.7. The van der Waals surface area contributed by atoms with Crippen molar-refractivity contribution >= 4 is 23.3 Å². The summed E-state index contributed by atoms with van der Waals surface area (Å²) in [6.45, 7) is 4.05. The minimum absolute atomic E-state index is 0.0154. The highest BCUT2D eigenvalue weighted by atomic mass is 32.1. The standard InChI is InChI=1S/C16H17NOS/c1-12-6-3-4-8-15(12)13(2)17-16(18)10-9-14-7-5-11-19-14/h3-11,13H,1-2H3,(H,17,18)/b10-9+. The van der Waals surface area contributed by atoms with Crippen molar-refractivity contribution in [1.82, 2.24) is 5.32 Å². The van der Waals surface area contributed by atoms with Crippen molar-refractivity contribution in [3.8, 4) is 0 Å². The lowest BCUT2D eigenvalue weighted by Crippen LogP contribution is -2.25. The topological polar surface area (TPSA) is 29.1 Å². The molecule has 0 radical (unpaired) electrons. The highest BCUT2D eigenvalue weighted by molar-refractivity contribution is 7.10. The summed E-state index contributed by atoms with van der Waals surface area (Å²) in [7, 11) is 0. The van der Waals surface area contributed by atoms with Crippen molar-refractivity contribution in [1.29, 1.82) is 0 Å². The third kappa shape index (κ3) is 3.80. The molecule has 1 aromatic heterocycles. The van der Waals surface area contributed by atoms with Gasteiger partial charge < -0.3 is 5.32 Å². The number of benzene rings is 1. The van der Waals surface area contributed by atoms with Crippen LogP contribution in [-0.2, 0) is 4.79 Å². The second kappa shape index (κ2) is 6.34.